The molecule has 1 atom stereocenters. The highest BCUT2D eigenvalue weighted by atomic mass is 19.1. The van der Waals surface area contributed by atoms with E-state index < -0.39 is 5.82 Å². The Balaban J connectivity index is 1.60. The molecule has 140 valence electrons. The van der Waals surface area contributed by atoms with Crippen LogP contribution in [0.2, 0.25) is 0 Å². The van der Waals surface area contributed by atoms with Crippen molar-refractivity contribution in [1.82, 2.24) is 25.2 Å². The zero-order chi connectivity index (χ0) is 18.5. The Morgan fingerprint density at radius 2 is 2.08 bits per heavy atom. The molecular weight excluding hydrogens is 337 g/mol. The van der Waals surface area contributed by atoms with Gasteiger partial charge in [-0.3, -0.25) is 9.69 Å². The molecule has 7 nitrogen and oxygen atoms in total. The Hall–Kier alpha value is -2.32. The predicted molar refractivity (Wildman–Crippen MR) is 94.9 cm³/mol. The van der Waals surface area contributed by atoms with E-state index in [9.17, 15) is 9.18 Å². The number of carbonyl (C=O) groups is 1. The van der Waals surface area contributed by atoms with E-state index in [4.69, 9.17) is 4.74 Å². The number of carbonyl (C=O) groups excluding carboxylic acids is 1. The molecule has 1 fully saturated rings. The number of hydrogen-bond acceptors (Lipinski definition) is 5. The van der Waals surface area contributed by atoms with Crippen molar-refractivity contribution in [3.8, 4) is 5.69 Å². The van der Waals surface area contributed by atoms with E-state index >= 15 is 0 Å². The van der Waals surface area contributed by atoms with Crippen molar-refractivity contribution in [1.29, 1.82) is 0 Å². The molecule has 1 unspecified atom stereocenters. The molecule has 0 bridgehead atoms. The SMILES string of the molecule is Cc1c(C(=O)NC(C)CCN2CCOCC2)nnn1-c1ccccc1F. The van der Waals surface area contributed by atoms with Crippen LogP contribution in [0.5, 0.6) is 0 Å². The van der Waals surface area contributed by atoms with Crippen molar-refractivity contribution >= 4 is 5.91 Å². The third-order valence-corrected chi connectivity index (χ3v) is 4.55. The fraction of sp³-hybridized carbons (Fsp3) is 0.500. The molecule has 0 saturated carbocycles. The maximum Gasteiger partial charge on any atom is 0.273 e. The van der Waals surface area contributed by atoms with Gasteiger partial charge in [-0.1, -0.05) is 17.3 Å². The van der Waals surface area contributed by atoms with Crippen molar-refractivity contribution in [2.24, 2.45) is 0 Å². The first-order chi connectivity index (χ1) is 12.6. The van der Waals surface area contributed by atoms with Gasteiger partial charge in [0.25, 0.3) is 5.91 Å². The highest BCUT2D eigenvalue weighted by molar-refractivity contribution is 5.93. The smallest absolute Gasteiger partial charge is 0.273 e. The maximum absolute atomic E-state index is 14.0. The van der Waals surface area contributed by atoms with Gasteiger partial charge in [0, 0.05) is 25.7 Å². The molecule has 2 heterocycles. The van der Waals surface area contributed by atoms with Gasteiger partial charge >= 0.3 is 0 Å². The molecule has 26 heavy (non-hydrogen) atoms. The number of benzene rings is 1. The molecule has 1 saturated heterocycles. The summed E-state index contributed by atoms with van der Waals surface area (Å²) in [6, 6.07) is 6.28. The Labute approximate surface area is 152 Å². The number of halogens is 1. The van der Waals surface area contributed by atoms with Gasteiger partial charge in [0.05, 0.1) is 18.9 Å². The van der Waals surface area contributed by atoms with Crippen LogP contribution in [0, 0.1) is 12.7 Å². The fourth-order valence-corrected chi connectivity index (χ4v) is 2.96. The summed E-state index contributed by atoms with van der Waals surface area (Å²) in [5.74, 6) is -0.703. The number of nitrogens with one attached hydrogen (secondary N) is 1. The lowest BCUT2D eigenvalue weighted by atomic mass is 10.2. The minimum absolute atomic E-state index is 0.00311. The van der Waals surface area contributed by atoms with Crippen molar-refractivity contribution in [2.45, 2.75) is 26.3 Å². The average Bonchev–Trinajstić information content (AvgIpc) is 3.03. The highest BCUT2D eigenvalue weighted by Crippen LogP contribution is 2.15. The van der Waals surface area contributed by atoms with E-state index in [1.165, 1.54) is 10.7 Å². The van der Waals surface area contributed by atoms with Gasteiger partial charge < -0.3 is 10.1 Å². The molecule has 1 aliphatic rings. The molecule has 0 spiro atoms. The molecule has 0 aliphatic carbocycles. The minimum Gasteiger partial charge on any atom is -0.379 e. The van der Waals surface area contributed by atoms with Gasteiger partial charge in [-0.25, -0.2) is 9.07 Å². The van der Waals surface area contributed by atoms with Crippen molar-refractivity contribution in [2.75, 3.05) is 32.8 Å². The van der Waals surface area contributed by atoms with E-state index in [1.54, 1.807) is 25.1 Å². The summed E-state index contributed by atoms with van der Waals surface area (Å²) in [4.78, 5) is 14.8. The lowest BCUT2D eigenvalue weighted by molar-refractivity contribution is 0.0363. The summed E-state index contributed by atoms with van der Waals surface area (Å²) in [5, 5.41) is 10.8. The van der Waals surface area contributed by atoms with E-state index in [1.807, 2.05) is 6.92 Å². The molecule has 2 aromatic rings. The first-order valence-corrected chi connectivity index (χ1v) is 8.84. The van der Waals surface area contributed by atoms with E-state index in [-0.39, 0.29) is 23.3 Å². The number of para-hydroxylation sites is 1. The van der Waals surface area contributed by atoms with Crippen LogP contribution in [-0.2, 0) is 4.74 Å². The van der Waals surface area contributed by atoms with Crippen LogP contribution in [0.15, 0.2) is 24.3 Å². The minimum atomic E-state index is -0.411. The van der Waals surface area contributed by atoms with Crippen molar-refractivity contribution < 1.29 is 13.9 Å². The van der Waals surface area contributed by atoms with Crippen LogP contribution in [0.1, 0.15) is 29.5 Å². The van der Waals surface area contributed by atoms with Crippen LogP contribution in [-0.4, -0.2) is 64.7 Å². The summed E-state index contributed by atoms with van der Waals surface area (Å²) in [5.41, 5.74) is 0.997. The van der Waals surface area contributed by atoms with Gasteiger partial charge in [0.1, 0.15) is 11.5 Å². The molecule has 1 amide bonds. The predicted octanol–water partition coefficient (Wildman–Crippen LogP) is 1.56. The molecule has 0 radical (unpaired) electrons. The number of amides is 1. The summed E-state index contributed by atoms with van der Waals surface area (Å²) in [6.07, 6.45) is 0.840. The highest BCUT2D eigenvalue weighted by Gasteiger charge is 2.20. The van der Waals surface area contributed by atoms with Crippen LogP contribution in [0.3, 0.4) is 0 Å². The zero-order valence-corrected chi connectivity index (χ0v) is 15.1. The molecule has 1 aromatic carbocycles. The average molecular weight is 361 g/mol. The summed E-state index contributed by atoms with van der Waals surface area (Å²) in [7, 11) is 0. The zero-order valence-electron chi connectivity index (χ0n) is 15.1. The second kappa shape index (κ2) is 8.37. The van der Waals surface area contributed by atoms with E-state index in [2.05, 4.69) is 20.5 Å². The standard InChI is InChI=1S/C18H24FN5O2/c1-13(7-8-23-9-11-26-12-10-23)20-18(25)17-14(2)24(22-21-17)16-6-4-3-5-15(16)19/h3-6,13H,7-12H2,1-2H3,(H,20,25). The van der Waals surface area contributed by atoms with Crippen LogP contribution >= 0.6 is 0 Å². The van der Waals surface area contributed by atoms with Gasteiger partial charge in [-0.15, -0.1) is 5.10 Å². The van der Waals surface area contributed by atoms with E-state index in [0.29, 0.717) is 5.69 Å². The Kier molecular flexibility index (Phi) is 5.95. The largest absolute Gasteiger partial charge is 0.379 e. The number of hydrogen-bond donors (Lipinski definition) is 1. The van der Waals surface area contributed by atoms with Gasteiger partial charge in [-0.05, 0) is 32.4 Å². The summed E-state index contributed by atoms with van der Waals surface area (Å²) in [6.45, 7) is 7.96. The molecule has 8 heteroatoms. The third kappa shape index (κ3) is 4.25. The fourth-order valence-electron chi connectivity index (χ4n) is 2.96. The lowest BCUT2D eigenvalue weighted by Crippen LogP contribution is -2.40. The molecule has 1 N–H and O–H groups in total. The molecule has 3 rings (SSSR count). The van der Waals surface area contributed by atoms with Gasteiger partial charge in [-0.2, -0.15) is 0 Å². The summed E-state index contributed by atoms with van der Waals surface area (Å²) < 4.78 is 20.6. The quantitative estimate of drug-likeness (QED) is 0.845. The monoisotopic (exact) mass is 361 g/mol. The van der Waals surface area contributed by atoms with Gasteiger partial charge in [0.15, 0.2) is 5.69 Å². The first-order valence-electron chi connectivity index (χ1n) is 8.84. The maximum atomic E-state index is 14.0. The normalized spacial score (nSPS) is 16.4. The molecular formula is C18H24FN5O2. The lowest BCUT2D eigenvalue weighted by Gasteiger charge is -2.27. The molecule has 1 aromatic heterocycles. The summed E-state index contributed by atoms with van der Waals surface area (Å²) >= 11 is 0. The second-order valence-electron chi connectivity index (χ2n) is 6.50. The topological polar surface area (TPSA) is 72.3 Å². The van der Waals surface area contributed by atoms with Crippen LogP contribution < -0.4 is 5.32 Å². The van der Waals surface area contributed by atoms with Crippen LogP contribution in [0.4, 0.5) is 4.39 Å². The third-order valence-electron chi connectivity index (χ3n) is 4.55. The van der Waals surface area contributed by atoms with Gasteiger partial charge in [0.2, 0.25) is 0 Å². The van der Waals surface area contributed by atoms with Crippen molar-refractivity contribution in [3.63, 3.8) is 0 Å². The Morgan fingerprint density at radius 3 is 2.81 bits per heavy atom. The number of aromatic nitrogens is 3. The molecule has 1 aliphatic heterocycles. The van der Waals surface area contributed by atoms with Crippen LogP contribution in [0.25, 0.3) is 5.69 Å². The Bertz CT molecular complexity index is 758. The second-order valence-corrected chi connectivity index (χ2v) is 6.50. The first kappa shape index (κ1) is 18.5. The Morgan fingerprint density at radius 1 is 1.35 bits per heavy atom. The number of nitrogens with zero attached hydrogens (tertiary/aromatic N) is 4. The van der Waals surface area contributed by atoms with Crippen molar-refractivity contribution in [3.05, 3.63) is 41.5 Å². The number of rotatable bonds is 6. The number of morpholine rings is 1. The number of ether oxygens (including phenoxy) is 1. The van der Waals surface area contributed by atoms with E-state index in [0.717, 1.165) is 39.3 Å².